The zero-order valence-electron chi connectivity index (χ0n) is 11.4. The van der Waals surface area contributed by atoms with E-state index >= 15 is 0 Å². The summed E-state index contributed by atoms with van der Waals surface area (Å²) in [6.45, 7) is 7.70. The second kappa shape index (κ2) is 4.27. The summed E-state index contributed by atoms with van der Waals surface area (Å²) in [4.78, 5) is 11.9. The maximum atomic E-state index is 11.9. The fraction of sp³-hybridized carbons (Fsp3) is 0.929. The van der Waals surface area contributed by atoms with E-state index in [1.54, 1.807) is 0 Å². The van der Waals surface area contributed by atoms with Gasteiger partial charge in [-0.05, 0) is 55.9 Å². The lowest BCUT2D eigenvalue weighted by Crippen LogP contribution is -2.60. The highest BCUT2D eigenvalue weighted by molar-refractivity contribution is 5.85. The van der Waals surface area contributed by atoms with Crippen molar-refractivity contribution in [1.82, 2.24) is 5.32 Å². The molecule has 0 aliphatic heterocycles. The predicted molar refractivity (Wildman–Crippen MR) is 69.4 cm³/mol. The minimum Gasteiger partial charge on any atom is -0.368 e. The Labute approximate surface area is 105 Å². The van der Waals surface area contributed by atoms with Gasteiger partial charge in [0.05, 0.1) is 5.54 Å². The van der Waals surface area contributed by atoms with E-state index in [0.717, 1.165) is 25.3 Å². The zero-order chi connectivity index (χ0) is 12.7. The minimum atomic E-state index is -0.455. The van der Waals surface area contributed by atoms with Crippen LogP contribution in [0.2, 0.25) is 0 Å². The number of hydrogen-bond acceptors (Lipinski definition) is 2. The van der Waals surface area contributed by atoms with Crippen molar-refractivity contribution in [2.24, 2.45) is 23.0 Å². The van der Waals surface area contributed by atoms with E-state index in [4.69, 9.17) is 5.73 Å². The van der Waals surface area contributed by atoms with Crippen LogP contribution < -0.4 is 11.1 Å². The molecular weight excluding hydrogens is 212 g/mol. The Balaban J connectivity index is 2.10. The number of primary amides is 1. The Morgan fingerprint density at radius 2 is 2.00 bits per heavy atom. The highest BCUT2D eigenvalue weighted by Crippen LogP contribution is 2.44. The van der Waals surface area contributed by atoms with Gasteiger partial charge < -0.3 is 11.1 Å². The number of rotatable bonds is 4. The standard InChI is InChI=1S/C14H26N2O/c1-10-6-13(2,3)9-14(7-10,12(15)17)16-8-11-4-5-11/h10-11,16H,4-9H2,1-3H3,(H2,15,17). The van der Waals surface area contributed by atoms with E-state index < -0.39 is 5.54 Å². The lowest BCUT2D eigenvalue weighted by molar-refractivity contribution is -0.128. The minimum absolute atomic E-state index is 0.155. The van der Waals surface area contributed by atoms with E-state index in [9.17, 15) is 4.79 Å². The molecule has 2 unspecified atom stereocenters. The normalized spacial score (nSPS) is 36.8. The van der Waals surface area contributed by atoms with E-state index in [2.05, 4.69) is 26.1 Å². The first kappa shape index (κ1) is 12.9. The Morgan fingerprint density at radius 3 is 2.47 bits per heavy atom. The molecule has 2 aliphatic rings. The molecule has 2 aliphatic carbocycles. The zero-order valence-corrected chi connectivity index (χ0v) is 11.4. The molecule has 0 bridgehead atoms. The van der Waals surface area contributed by atoms with Crippen LogP contribution in [-0.2, 0) is 4.79 Å². The lowest BCUT2D eigenvalue weighted by Gasteiger charge is -2.46. The molecule has 2 fully saturated rings. The van der Waals surface area contributed by atoms with Gasteiger partial charge in [-0.25, -0.2) is 0 Å². The van der Waals surface area contributed by atoms with Crippen LogP contribution in [0.25, 0.3) is 0 Å². The predicted octanol–water partition coefficient (Wildman–Crippen LogP) is 2.06. The van der Waals surface area contributed by atoms with Crippen molar-refractivity contribution in [1.29, 1.82) is 0 Å². The van der Waals surface area contributed by atoms with Gasteiger partial charge in [-0.1, -0.05) is 20.8 Å². The number of nitrogens with two attached hydrogens (primary N) is 1. The molecule has 1 amide bonds. The monoisotopic (exact) mass is 238 g/mol. The highest BCUT2D eigenvalue weighted by Gasteiger charge is 2.47. The van der Waals surface area contributed by atoms with Gasteiger partial charge in [0, 0.05) is 0 Å². The van der Waals surface area contributed by atoms with Gasteiger partial charge in [-0.15, -0.1) is 0 Å². The van der Waals surface area contributed by atoms with Gasteiger partial charge in [0.1, 0.15) is 0 Å². The molecule has 2 rings (SSSR count). The molecule has 17 heavy (non-hydrogen) atoms. The Bertz CT molecular complexity index is 309. The quantitative estimate of drug-likeness (QED) is 0.787. The van der Waals surface area contributed by atoms with Gasteiger partial charge in [-0.3, -0.25) is 4.79 Å². The smallest absolute Gasteiger partial charge is 0.237 e. The first-order chi connectivity index (χ1) is 7.83. The summed E-state index contributed by atoms with van der Waals surface area (Å²) in [6.07, 6.45) is 5.58. The summed E-state index contributed by atoms with van der Waals surface area (Å²) in [5, 5.41) is 3.51. The second-order valence-electron chi connectivity index (χ2n) is 7.13. The summed E-state index contributed by atoms with van der Waals surface area (Å²) in [7, 11) is 0. The molecule has 0 saturated heterocycles. The third kappa shape index (κ3) is 3.01. The molecule has 0 aromatic heterocycles. The fourth-order valence-corrected chi connectivity index (χ4v) is 3.64. The molecular formula is C14H26N2O. The third-order valence-corrected chi connectivity index (χ3v) is 4.28. The molecule has 0 heterocycles. The van der Waals surface area contributed by atoms with Crippen LogP contribution in [0.3, 0.4) is 0 Å². The molecule has 0 spiro atoms. The molecule has 0 aromatic rings. The van der Waals surface area contributed by atoms with E-state index in [1.165, 1.54) is 19.3 Å². The summed E-state index contributed by atoms with van der Waals surface area (Å²) in [6, 6.07) is 0. The van der Waals surface area contributed by atoms with Crippen LogP contribution in [0.1, 0.15) is 52.9 Å². The first-order valence-corrected chi connectivity index (χ1v) is 6.88. The average molecular weight is 238 g/mol. The highest BCUT2D eigenvalue weighted by atomic mass is 16.1. The Morgan fingerprint density at radius 1 is 1.35 bits per heavy atom. The van der Waals surface area contributed by atoms with Crippen LogP contribution >= 0.6 is 0 Å². The van der Waals surface area contributed by atoms with Crippen molar-refractivity contribution >= 4 is 5.91 Å². The third-order valence-electron chi connectivity index (χ3n) is 4.28. The van der Waals surface area contributed by atoms with E-state index in [0.29, 0.717) is 5.92 Å². The maximum absolute atomic E-state index is 11.9. The lowest BCUT2D eigenvalue weighted by atomic mass is 9.64. The molecule has 3 nitrogen and oxygen atoms in total. The van der Waals surface area contributed by atoms with E-state index in [1.807, 2.05) is 0 Å². The summed E-state index contributed by atoms with van der Waals surface area (Å²) >= 11 is 0. The summed E-state index contributed by atoms with van der Waals surface area (Å²) < 4.78 is 0. The van der Waals surface area contributed by atoms with Gasteiger partial charge in [0.2, 0.25) is 5.91 Å². The Hall–Kier alpha value is -0.570. The van der Waals surface area contributed by atoms with Crippen LogP contribution in [-0.4, -0.2) is 18.0 Å². The molecule has 98 valence electrons. The first-order valence-electron chi connectivity index (χ1n) is 6.88. The van der Waals surface area contributed by atoms with Crippen LogP contribution in [0.15, 0.2) is 0 Å². The molecule has 0 aromatic carbocycles. The molecule has 2 saturated carbocycles. The van der Waals surface area contributed by atoms with Crippen molar-refractivity contribution in [2.75, 3.05) is 6.54 Å². The molecule has 3 N–H and O–H groups in total. The van der Waals surface area contributed by atoms with Crippen LogP contribution in [0.4, 0.5) is 0 Å². The number of nitrogens with one attached hydrogen (secondary N) is 1. The van der Waals surface area contributed by atoms with Crippen molar-refractivity contribution in [3.05, 3.63) is 0 Å². The molecule has 0 radical (unpaired) electrons. The average Bonchev–Trinajstić information content (AvgIpc) is 2.94. The van der Waals surface area contributed by atoms with Crippen LogP contribution in [0, 0.1) is 17.3 Å². The van der Waals surface area contributed by atoms with E-state index in [-0.39, 0.29) is 11.3 Å². The van der Waals surface area contributed by atoms with Gasteiger partial charge in [-0.2, -0.15) is 0 Å². The molecule has 3 heteroatoms. The SMILES string of the molecule is CC1CC(C)(C)CC(NCC2CC2)(C(N)=O)C1. The number of hydrogen-bond donors (Lipinski definition) is 2. The number of amides is 1. The fourth-order valence-electron chi connectivity index (χ4n) is 3.64. The summed E-state index contributed by atoms with van der Waals surface area (Å²) in [5.74, 6) is 1.20. The van der Waals surface area contributed by atoms with Crippen molar-refractivity contribution in [2.45, 2.75) is 58.4 Å². The van der Waals surface area contributed by atoms with Gasteiger partial charge in [0.25, 0.3) is 0 Å². The largest absolute Gasteiger partial charge is 0.368 e. The molecule has 2 atom stereocenters. The van der Waals surface area contributed by atoms with Gasteiger partial charge in [0.15, 0.2) is 0 Å². The maximum Gasteiger partial charge on any atom is 0.237 e. The summed E-state index contributed by atoms with van der Waals surface area (Å²) in [5.41, 5.74) is 5.45. The van der Waals surface area contributed by atoms with Crippen LogP contribution in [0.5, 0.6) is 0 Å². The number of carbonyl (C=O) groups is 1. The number of carbonyl (C=O) groups excluding carboxylic acids is 1. The van der Waals surface area contributed by atoms with Gasteiger partial charge >= 0.3 is 0 Å². The second-order valence-corrected chi connectivity index (χ2v) is 7.13. The Kier molecular flexibility index (Phi) is 3.23. The topological polar surface area (TPSA) is 55.1 Å². The van der Waals surface area contributed by atoms with Crippen molar-refractivity contribution in [3.63, 3.8) is 0 Å². The van der Waals surface area contributed by atoms with Crippen molar-refractivity contribution < 1.29 is 4.79 Å². The van der Waals surface area contributed by atoms with Crippen molar-refractivity contribution in [3.8, 4) is 0 Å².